The SMILES string of the molecule is N#Cc1ccc(OC2CCN(C(=O)c3cnc(CN4CC5(CCNCC5)OC4=O)cn3)CC2)cc1. The molecule has 10 nitrogen and oxygen atoms in total. The molecular formula is C25H28N6O4. The van der Waals surface area contributed by atoms with Crippen LogP contribution in [0.25, 0.3) is 0 Å². The number of ether oxygens (including phenoxy) is 2. The number of rotatable bonds is 5. The van der Waals surface area contributed by atoms with Gasteiger partial charge in [-0.3, -0.25) is 14.7 Å². The zero-order valence-corrected chi connectivity index (χ0v) is 19.5. The van der Waals surface area contributed by atoms with Crippen molar-refractivity contribution in [3.05, 3.63) is 53.6 Å². The normalized spacial score (nSPS) is 19.9. The van der Waals surface area contributed by atoms with Crippen molar-refractivity contribution < 1.29 is 19.1 Å². The maximum absolute atomic E-state index is 12.9. The molecule has 0 unspecified atom stereocenters. The van der Waals surface area contributed by atoms with Crippen molar-refractivity contribution in [3.8, 4) is 11.8 Å². The van der Waals surface area contributed by atoms with Crippen LogP contribution in [0.15, 0.2) is 36.7 Å². The Balaban J connectivity index is 1.12. The average Bonchev–Trinajstić information content (AvgIpc) is 3.19. The van der Waals surface area contributed by atoms with Gasteiger partial charge >= 0.3 is 6.09 Å². The first-order chi connectivity index (χ1) is 17.0. The number of piperidine rings is 2. The smallest absolute Gasteiger partial charge is 0.410 e. The van der Waals surface area contributed by atoms with Gasteiger partial charge in [0.1, 0.15) is 23.1 Å². The first-order valence-corrected chi connectivity index (χ1v) is 12.0. The van der Waals surface area contributed by atoms with Crippen molar-refractivity contribution in [1.82, 2.24) is 25.1 Å². The number of hydrogen-bond donors (Lipinski definition) is 1. The van der Waals surface area contributed by atoms with Crippen LogP contribution in [0.1, 0.15) is 47.4 Å². The first kappa shape index (κ1) is 23.1. The molecule has 5 rings (SSSR count). The predicted molar refractivity (Wildman–Crippen MR) is 124 cm³/mol. The summed E-state index contributed by atoms with van der Waals surface area (Å²) in [5.41, 5.74) is 1.11. The van der Waals surface area contributed by atoms with Crippen LogP contribution in [0.5, 0.6) is 5.75 Å². The van der Waals surface area contributed by atoms with Crippen LogP contribution in [-0.2, 0) is 11.3 Å². The van der Waals surface area contributed by atoms with E-state index < -0.39 is 5.60 Å². The molecule has 1 spiro atoms. The number of amides is 2. The van der Waals surface area contributed by atoms with Crippen molar-refractivity contribution in [1.29, 1.82) is 5.26 Å². The highest BCUT2D eigenvalue weighted by atomic mass is 16.6. The third-order valence-electron chi connectivity index (χ3n) is 6.85. The van der Waals surface area contributed by atoms with E-state index in [4.69, 9.17) is 14.7 Å². The van der Waals surface area contributed by atoms with Crippen LogP contribution >= 0.6 is 0 Å². The summed E-state index contributed by atoms with van der Waals surface area (Å²) in [7, 11) is 0. The molecule has 3 fully saturated rings. The Labute approximate surface area is 203 Å². The van der Waals surface area contributed by atoms with E-state index in [0.29, 0.717) is 56.0 Å². The number of aromatic nitrogens is 2. The lowest BCUT2D eigenvalue weighted by Gasteiger charge is -2.32. The molecule has 2 amide bonds. The van der Waals surface area contributed by atoms with Crippen LogP contribution in [0.2, 0.25) is 0 Å². The minimum absolute atomic E-state index is 0.0175. The zero-order valence-electron chi connectivity index (χ0n) is 19.5. The summed E-state index contributed by atoms with van der Waals surface area (Å²) in [6.45, 7) is 3.69. The second-order valence-corrected chi connectivity index (χ2v) is 9.30. The maximum Gasteiger partial charge on any atom is 0.410 e. The van der Waals surface area contributed by atoms with Gasteiger partial charge in [-0.05, 0) is 37.4 Å². The lowest BCUT2D eigenvalue weighted by atomic mass is 9.92. The van der Waals surface area contributed by atoms with Gasteiger partial charge in [-0.1, -0.05) is 0 Å². The number of carbonyl (C=O) groups is 2. The van der Waals surface area contributed by atoms with Gasteiger partial charge in [-0.15, -0.1) is 0 Å². The number of likely N-dealkylation sites (tertiary alicyclic amines) is 1. The van der Waals surface area contributed by atoms with Crippen LogP contribution in [0, 0.1) is 11.3 Å². The summed E-state index contributed by atoms with van der Waals surface area (Å²) in [6, 6.07) is 9.14. The highest BCUT2D eigenvalue weighted by molar-refractivity contribution is 5.92. The van der Waals surface area contributed by atoms with Gasteiger partial charge in [0.25, 0.3) is 5.91 Å². The Kier molecular flexibility index (Phi) is 6.51. The molecule has 1 aromatic carbocycles. The number of nitriles is 1. The van der Waals surface area contributed by atoms with E-state index in [1.54, 1.807) is 40.3 Å². The van der Waals surface area contributed by atoms with Crippen LogP contribution < -0.4 is 10.1 Å². The monoisotopic (exact) mass is 476 g/mol. The molecule has 3 aliphatic heterocycles. The molecule has 1 N–H and O–H groups in total. The molecule has 0 saturated carbocycles. The average molecular weight is 477 g/mol. The van der Waals surface area contributed by atoms with Crippen molar-refractivity contribution in [2.75, 3.05) is 32.7 Å². The van der Waals surface area contributed by atoms with Crippen molar-refractivity contribution in [3.63, 3.8) is 0 Å². The Morgan fingerprint density at radius 3 is 2.57 bits per heavy atom. The molecule has 0 bridgehead atoms. The second-order valence-electron chi connectivity index (χ2n) is 9.30. The molecule has 0 radical (unpaired) electrons. The molecule has 1 aromatic heterocycles. The van der Waals surface area contributed by atoms with E-state index in [2.05, 4.69) is 21.4 Å². The third kappa shape index (κ3) is 5.20. The van der Waals surface area contributed by atoms with Crippen molar-refractivity contribution in [2.24, 2.45) is 0 Å². The zero-order chi connectivity index (χ0) is 24.3. The molecule has 10 heteroatoms. The molecule has 3 saturated heterocycles. The second kappa shape index (κ2) is 9.88. The Morgan fingerprint density at radius 2 is 1.91 bits per heavy atom. The largest absolute Gasteiger partial charge is 0.490 e. The highest BCUT2D eigenvalue weighted by Gasteiger charge is 2.45. The topological polar surface area (TPSA) is 121 Å². The summed E-state index contributed by atoms with van der Waals surface area (Å²) in [4.78, 5) is 37.4. The molecule has 4 heterocycles. The number of nitrogens with one attached hydrogen (secondary N) is 1. The molecule has 2 aromatic rings. The quantitative estimate of drug-likeness (QED) is 0.697. The molecule has 0 atom stereocenters. The summed E-state index contributed by atoms with van der Waals surface area (Å²) in [5.74, 6) is 0.568. The van der Waals surface area contributed by atoms with E-state index in [-0.39, 0.29) is 18.1 Å². The van der Waals surface area contributed by atoms with Gasteiger partial charge in [0.05, 0.1) is 42.8 Å². The fourth-order valence-corrected chi connectivity index (χ4v) is 4.84. The van der Waals surface area contributed by atoms with Gasteiger partial charge in [-0.25, -0.2) is 9.78 Å². The molecule has 182 valence electrons. The van der Waals surface area contributed by atoms with Crippen LogP contribution in [0.3, 0.4) is 0 Å². The Morgan fingerprint density at radius 1 is 1.17 bits per heavy atom. The molecular weight excluding hydrogens is 448 g/mol. The Hall–Kier alpha value is -3.71. The van der Waals surface area contributed by atoms with E-state index in [1.165, 1.54) is 6.20 Å². The van der Waals surface area contributed by atoms with Gasteiger partial charge in [0.2, 0.25) is 0 Å². The fourth-order valence-electron chi connectivity index (χ4n) is 4.84. The van der Waals surface area contributed by atoms with Crippen molar-refractivity contribution >= 4 is 12.0 Å². The summed E-state index contributed by atoms with van der Waals surface area (Å²) in [5, 5.41) is 12.2. The number of hydrogen-bond acceptors (Lipinski definition) is 8. The molecule has 0 aliphatic carbocycles. The van der Waals surface area contributed by atoms with Gasteiger partial charge in [0, 0.05) is 38.8 Å². The number of nitrogens with zero attached hydrogens (tertiary/aromatic N) is 5. The third-order valence-corrected chi connectivity index (χ3v) is 6.85. The lowest BCUT2D eigenvalue weighted by Crippen LogP contribution is -2.44. The summed E-state index contributed by atoms with van der Waals surface area (Å²) >= 11 is 0. The van der Waals surface area contributed by atoms with Crippen molar-refractivity contribution in [2.45, 2.75) is 43.9 Å². The predicted octanol–water partition coefficient (Wildman–Crippen LogP) is 2.11. The Bertz CT molecular complexity index is 1100. The van der Waals surface area contributed by atoms with E-state index in [9.17, 15) is 9.59 Å². The number of carbonyl (C=O) groups excluding carboxylic acids is 2. The lowest BCUT2D eigenvalue weighted by molar-refractivity contribution is 0.0316. The molecule has 35 heavy (non-hydrogen) atoms. The fraction of sp³-hybridized carbons (Fsp3) is 0.480. The highest BCUT2D eigenvalue weighted by Crippen LogP contribution is 2.31. The standard InChI is InChI=1S/C25H28N6O4/c26-13-18-1-3-20(4-2-18)34-21-5-11-30(12-6-21)23(32)22-15-28-19(14-29-22)16-31-17-25(35-24(31)33)7-9-27-10-8-25/h1-4,14-15,21,27H,5-12,16-17H2. The van der Waals surface area contributed by atoms with Gasteiger partial charge < -0.3 is 19.7 Å². The van der Waals surface area contributed by atoms with E-state index in [0.717, 1.165) is 31.7 Å². The van der Waals surface area contributed by atoms with Crippen LogP contribution in [0.4, 0.5) is 4.79 Å². The van der Waals surface area contributed by atoms with Gasteiger partial charge in [-0.2, -0.15) is 5.26 Å². The molecule has 3 aliphatic rings. The maximum atomic E-state index is 12.9. The first-order valence-electron chi connectivity index (χ1n) is 12.0. The van der Waals surface area contributed by atoms with E-state index in [1.807, 2.05) is 0 Å². The van der Waals surface area contributed by atoms with E-state index >= 15 is 0 Å². The van der Waals surface area contributed by atoms with Gasteiger partial charge in [0.15, 0.2) is 0 Å². The minimum Gasteiger partial charge on any atom is -0.490 e. The van der Waals surface area contributed by atoms with Crippen LogP contribution in [-0.4, -0.2) is 76.2 Å². The summed E-state index contributed by atoms with van der Waals surface area (Å²) < 4.78 is 11.7. The number of benzene rings is 1. The summed E-state index contributed by atoms with van der Waals surface area (Å²) in [6.07, 6.45) is 5.79. The minimum atomic E-state index is -0.401.